The Bertz CT molecular complexity index is 231. The summed E-state index contributed by atoms with van der Waals surface area (Å²) >= 11 is -2.10. The number of aromatic nitrogens is 1. The highest BCUT2D eigenvalue weighted by Crippen LogP contribution is 2.02. The van der Waals surface area contributed by atoms with Gasteiger partial charge in [-0.05, 0) is 23.2 Å². The number of aryl methyl sites for hydroxylation is 1. The number of nitrogens with zero attached hydrogens (tertiary/aromatic N) is 1. The van der Waals surface area contributed by atoms with Crippen LogP contribution in [-0.2, 0) is 18.1 Å². The molecule has 0 aromatic carbocycles. The summed E-state index contributed by atoms with van der Waals surface area (Å²) in [7, 11) is 1.69. The molecule has 0 fully saturated rings. The number of hydrogen-bond acceptors (Lipinski definition) is 2. The smallest absolute Gasteiger partial charge is 0.0918 e. The van der Waals surface area contributed by atoms with Crippen LogP contribution in [0.25, 0.3) is 0 Å². The molecule has 9 heavy (non-hydrogen) atoms. The summed E-state index contributed by atoms with van der Waals surface area (Å²) in [5, 5.41) is 0.315. The first kappa shape index (κ1) is 6.51. The van der Waals surface area contributed by atoms with Gasteiger partial charge in [-0.2, -0.15) is 0 Å². The second-order valence-corrected chi connectivity index (χ2v) is 2.58. The van der Waals surface area contributed by atoms with E-state index in [-0.39, 0.29) is 0 Å². The molecule has 1 unspecified atom stereocenters. The van der Waals surface area contributed by atoms with Gasteiger partial charge in [-0.25, -0.2) is 0 Å². The van der Waals surface area contributed by atoms with E-state index < -0.39 is 11.1 Å². The molecule has 1 aromatic rings. The highest BCUT2D eigenvalue weighted by molar-refractivity contribution is 7.79. The molecule has 1 atom stereocenters. The predicted molar refractivity (Wildman–Crippen MR) is 32.6 cm³/mol. The maximum absolute atomic E-state index is 10.3. The summed E-state index contributed by atoms with van der Waals surface area (Å²) in [6, 6.07) is 3.23. The molecule has 0 amide bonds. The molecule has 0 aliphatic carbocycles. The Balaban J connectivity index is 3.08. The van der Waals surface area contributed by atoms with E-state index in [1.807, 2.05) is 0 Å². The third-order valence-electron chi connectivity index (χ3n) is 1.07. The van der Waals surface area contributed by atoms with Crippen LogP contribution in [0.4, 0.5) is 0 Å². The molecule has 0 saturated heterocycles. The average molecular weight is 144 g/mol. The molecule has 0 radical (unpaired) electrons. The summed E-state index contributed by atoms with van der Waals surface area (Å²) < 4.78 is 22.1. The van der Waals surface area contributed by atoms with Gasteiger partial charge in [0.25, 0.3) is 0 Å². The molecule has 0 spiro atoms. The molecule has 50 valence electrons. The topological polar surface area (TPSA) is 45.1 Å². The summed E-state index contributed by atoms with van der Waals surface area (Å²) in [6.45, 7) is 0. The molecule has 4 heteroatoms. The first-order chi connectivity index (χ1) is 4.22. The second-order valence-electron chi connectivity index (χ2n) is 1.69. The maximum atomic E-state index is 10.3. The van der Waals surface area contributed by atoms with Crippen molar-refractivity contribution in [2.45, 2.75) is 5.03 Å². The van der Waals surface area contributed by atoms with Crippen LogP contribution < -0.4 is 0 Å². The van der Waals surface area contributed by atoms with Crippen molar-refractivity contribution in [3.63, 3.8) is 0 Å². The minimum atomic E-state index is -2.10. The lowest BCUT2D eigenvalue weighted by molar-refractivity contribution is 0.528. The fourth-order valence-electron chi connectivity index (χ4n) is 0.619. The van der Waals surface area contributed by atoms with Gasteiger partial charge in [-0.15, -0.1) is 0 Å². The van der Waals surface area contributed by atoms with Crippen LogP contribution in [0, 0.1) is 0 Å². The van der Waals surface area contributed by atoms with Gasteiger partial charge in [0.15, 0.2) is 0 Å². The quantitative estimate of drug-likeness (QED) is 0.531. The Kier molecular flexibility index (Phi) is 1.68. The molecule has 0 saturated carbocycles. The zero-order valence-corrected chi connectivity index (χ0v) is 5.72. The monoisotopic (exact) mass is 144 g/mol. The first-order valence-corrected chi connectivity index (χ1v) is 3.50. The molecule has 1 aromatic heterocycles. The van der Waals surface area contributed by atoms with E-state index in [0.717, 1.165) is 0 Å². The first-order valence-electron chi connectivity index (χ1n) is 2.42. The van der Waals surface area contributed by atoms with E-state index in [1.165, 1.54) is 0 Å². The molecule has 0 bridgehead atoms. The van der Waals surface area contributed by atoms with Crippen LogP contribution in [-0.4, -0.2) is 13.3 Å². The van der Waals surface area contributed by atoms with Crippen LogP contribution >= 0.6 is 0 Å². The van der Waals surface area contributed by atoms with Crippen LogP contribution in [0.3, 0.4) is 0 Å². The van der Waals surface area contributed by atoms with E-state index in [2.05, 4.69) is 0 Å². The average Bonchev–Trinajstić information content (AvgIpc) is 2.13. The normalized spacial score (nSPS) is 13.6. The highest BCUT2D eigenvalue weighted by atomic mass is 32.2. The fraction of sp³-hybridized carbons (Fsp3) is 0.200. The lowest BCUT2D eigenvalue weighted by Gasteiger charge is -2.04. The van der Waals surface area contributed by atoms with E-state index in [0.29, 0.717) is 5.03 Å². The predicted octanol–water partition coefficient (Wildman–Crippen LogP) is 0.263. The van der Waals surface area contributed by atoms with Crippen molar-refractivity contribution in [1.29, 1.82) is 0 Å². The van der Waals surface area contributed by atoms with Gasteiger partial charge >= 0.3 is 0 Å². The Labute approximate surface area is 55.6 Å². The molecule has 0 aliphatic rings. The Morgan fingerprint density at radius 2 is 2.44 bits per heavy atom. The third kappa shape index (κ3) is 1.20. The molecule has 0 aliphatic heterocycles. The van der Waals surface area contributed by atoms with E-state index in [9.17, 15) is 8.76 Å². The van der Waals surface area contributed by atoms with Gasteiger partial charge in [0.05, 0.1) is 5.03 Å². The molecule has 1 rings (SSSR count). The summed E-state index contributed by atoms with van der Waals surface area (Å²) in [4.78, 5) is 0. The van der Waals surface area contributed by atoms with Crippen molar-refractivity contribution in [3.05, 3.63) is 18.3 Å². The molecule has 0 N–H and O–H groups in total. The minimum absolute atomic E-state index is 0.315. The Morgan fingerprint density at radius 1 is 1.78 bits per heavy atom. The van der Waals surface area contributed by atoms with Gasteiger partial charge in [-0.3, -0.25) is 4.21 Å². The van der Waals surface area contributed by atoms with Crippen LogP contribution in [0.5, 0.6) is 0 Å². The maximum Gasteiger partial charge on any atom is 0.0918 e. The molecule has 1 heterocycles. The van der Waals surface area contributed by atoms with Gasteiger partial charge in [0.1, 0.15) is 0 Å². The van der Waals surface area contributed by atoms with Gasteiger partial charge in [0.2, 0.25) is 0 Å². The highest BCUT2D eigenvalue weighted by Gasteiger charge is 1.92. The van der Waals surface area contributed by atoms with Gasteiger partial charge in [-0.1, -0.05) is 0 Å². The number of hydrogen-bond donors (Lipinski definition) is 0. The summed E-state index contributed by atoms with van der Waals surface area (Å²) in [5.41, 5.74) is 0. The lowest BCUT2D eigenvalue weighted by Crippen LogP contribution is -1.96. The minimum Gasteiger partial charge on any atom is -0.767 e. The van der Waals surface area contributed by atoms with Crippen molar-refractivity contribution in [3.8, 4) is 0 Å². The van der Waals surface area contributed by atoms with Crippen LogP contribution in [0.2, 0.25) is 0 Å². The zero-order valence-electron chi connectivity index (χ0n) is 4.90. The Morgan fingerprint density at radius 3 is 2.67 bits per heavy atom. The standard InChI is InChI=1S/C5H7NO2S/c1-6-4-2-3-5(6)9(7)8/h2-4H,1H3,(H,7,8)/p-1. The van der Waals surface area contributed by atoms with Crippen molar-refractivity contribution in [2.24, 2.45) is 7.05 Å². The van der Waals surface area contributed by atoms with Crippen molar-refractivity contribution < 1.29 is 8.76 Å². The lowest BCUT2D eigenvalue weighted by atomic mass is 10.7. The largest absolute Gasteiger partial charge is 0.767 e. The molecule has 3 nitrogen and oxygen atoms in total. The van der Waals surface area contributed by atoms with Gasteiger partial charge < -0.3 is 9.12 Å². The molecular weight excluding hydrogens is 138 g/mol. The Hall–Kier alpha value is -0.610. The molecular formula is C5H6NO2S-. The SMILES string of the molecule is Cn1cccc1S(=O)[O-]. The van der Waals surface area contributed by atoms with Crippen LogP contribution in [0.15, 0.2) is 23.4 Å². The van der Waals surface area contributed by atoms with Gasteiger partial charge in [0, 0.05) is 13.2 Å². The van der Waals surface area contributed by atoms with Crippen molar-refractivity contribution in [1.82, 2.24) is 4.57 Å². The van der Waals surface area contributed by atoms with Crippen LogP contribution in [0.1, 0.15) is 0 Å². The summed E-state index contributed by atoms with van der Waals surface area (Å²) in [6.07, 6.45) is 1.69. The third-order valence-corrected chi connectivity index (χ3v) is 1.83. The zero-order chi connectivity index (χ0) is 6.85. The van der Waals surface area contributed by atoms with E-state index in [4.69, 9.17) is 0 Å². The summed E-state index contributed by atoms with van der Waals surface area (Å²) in [5.74, 6) is 0. The van der Waals surface area contributed by atoms with E-state index in [1.54, 1.807) is 29.9 Å². The second kappa shape index (κ2) is 2.33. The fourth-order valence-corrected chi connectivity index (χ4v) is 1.10. The van der Waals surface area contributed by atoms with Crippen molar-refractivity contribution in [2.75, 3.05) is 0 Å². The van der Waals surface area contributed by atoms with Crippen molar-refractivity contribution >= 4 is 11.1 Å². The number of rotatable bonds is 1. The van der Waals surface area contributed by atoms with E-state index >= 15 is 0 Å².